The predicted molar refractivity (Wildman–Crippen MR) is 114 cm³/mol. The average molecular weight is 412 g/mol. The summed E-state index contributed by atoms with van der Waals surface area (Å²) in [6.07, 6.45) is 1.79. The van der Waals surface area contributed by atoms with Gasteiger partial charge in [0, 0.05) is 23.0 Å². The monoisotopic (exact) mass is 411 g/mol. The first-order valence-corrected chi connectivity index (χ1v) is 11.0. The summed E-state index contributed by atoms with van der Waals surface area (Å²) in [7, 11) is 0. The highest BCUT2D eigenvalue weighted by molar-refractivity contribution is 8.00. The van der Waals surface area contributed by atoms with Crippen LogP contribution in [0, 0.1) is 13.8 Å². The molecule has 0 atom stereocenters. The molecule has 0 fully saturated rings. The summed E-state index contributed by atoms with van der Waals surface area (Å²) >= 11 is 4.82. The van der Waals surface area contributed by atoms with Crippen LogP contribution >= 0.6 is 34.4 Å². The van der Waals surface area contributed by atoms with E-state index in [0.29, 0.717) is 0 Å². The van der Waals surface area contributed by atoms with Crippen LogP contribution in [0.1, 0.15) is 16.8 Å². The van der Waals surface area contributed by atoms with Crippen molar-refractivity contribution in [2.75, 3.05) is 5.32 Å². The normalized spacial score (nSPS) is 10.9. The highest BCUT2D eigenvalue weighted by Gasteiger charge is 2.10. The van der Waals surface area contributed by atoms with E-state index in [1.165, 1.54) is 11.1 Å². The Balaban J connectivity index is 1.39. The number of rotatable bonds is 6. The van der Waals surface area contributed by atoms with Gasteiger partial charge in [0.05, 0.1) is 11.4 Å². The SMILES string of the molecule is Cc1cccc(Nc2nnc(SCc3csc(-c4ccccn4)n3)s2)c1C. The molecule has 0 aliphatic carbocycles. The van der Waals surface area contributed by atoms with Gasteiger partial charge in [-0.1, -0.05) is 41.3 Å². The van der Waals surface area contributed by atoms with E-state index in [1.807, 2.05) is 24.3 Å². The maximum Gasteiger partial charge on any atom is 0.210 e. The van der Waals surface area contributed by atoms with Crippen LogP contribution in [0.5, 0.6) is 0 Å². The fourth-order valence-electron chi connectivity index (χ4n) is 2.44. The van der Waals surface area contributed by atoms with Crippen LogP contribution in [-0.4, -0.2) is 20.2 Å². The molecule has 0 unspecified atom stereocenters. The molecule has 136 valence electrons. The lowest BCUT2D eigenvalue weighted by molar-refractivity contribution is 1.01. The van der Waals surface area contributed by atoms with E-state index < -0.39 is 0 Å². The first-order valence-electron chi connectivity index (χ1n) is 8.34. The maximum atomic E-state index is 4.67. The number of nitrogens with zero attached hydrogens (tertiary/aromatic N) is 4. The second-order valence-electron chi connectivity index (χ2n) is 5.89. The van der Waals surface area contributed by atoms with Gasteiger partial charge in [-0.25, -0.2) is 4.98 Å². The Labute approximate surface area is 169 Å². The van der Waals surface area contributed by atoms with E-state index in [1.54, 1.807) is 40.6 Å². The summed E-state index contributed by atoms with van der Waals surface area (Å²) in [5, 5.41) is 15.7. The molecule has 0 amide bonds. The molecule has 0 saturated heterocycles. The standard InChI is InChI=1S/C19H17N5S3/c1-12-6-5-8-15(13(12)2)22-18-23-24-19(27-18)26-11-14-10-25-17(21-14)16-7-3-4-9-20-16/h3-10H,11H2,1-2H3,(H,22,23). The van der Waals surface area contributed by atoms with Crippen LogP contribution in [0.25, 0.3) is 10.7 Å². The van der Waals surface area contributed by atoms with Gasteiger partial charge in [-0.15, -0.1) is 21.5 Å². The maximum absolute atomic E-state index is 4.67. The number of thiazole rings is 1. The third-order valence-corrected chi connectivity index (χ3v) is 6.95. The predicted octanol–water partition coefficient (Wildman–Crippen LogP) is 5.71. The molecule has 3 aromatic heterocycles. The summed E-state index contributed by atoms with van der Waals surface area (Å²) in [5.74, 6) is 0.765. The van der Waals surface area contributed by atoms with E-state index in [-0.39, 0.29) is 0 Å². The number of hydrogen-bond acceptors (Lipinski definition) is 8. The molecule has 3 heterocycles. The molecular formula is C19H17N5S3. The van der Waals surface area contributed by atoms with Crippen molar-refractivity contribution in [1.29, 1.82) is 0 Å². The van der Waals surface area contributed by atoms with Crippen molar-refractivity contribution in [3.05, 3.63) is 64.8 Å². The lowest BCUT2D eigenvalue weighted by Gasteiger charge is -2.08. The van der Waals surface area contributed by atoms with Gasteiger partial charge in [-0.2, -0.15) is 0 Å². The van der Waals surface area contributed by atoms with Crippen LogP contribution in [-0.2, 0) is 5.75 Å². The van der Waals surface area contributed by atoms with Gasteiger partial charge in [-0.3, -0.25) is 4.98 Å². The van der Waals surface area contributed by atoms with Gasteiger partial charge in [0.1, 0.15) is 5.01 Å². The number of benzene rings is 1. The largest absolute Gasteiger partial charge is 0.330 e. The van der Waals surface area contributed by atoms with Crippen LogP contribution in [0.15, 0.2) is 52.3 Å². The van der Waals surface area contributed by atoms with Gasteiger partial charge in [0.2, 0.25) is 5.13 Å². The van der Waals surface area contributed by atoms with Gasteiger partial charge in [-0.05, 0) is 43.2 Å². The van der Waals surface area contributed by atoms with E-state index in [2.05, 4.69) is 56.8 Å². The summed E-state index contributed by atoms with van der Waals surface area (Å²) < 4.78 is 0.926. The lowest BCUT2D eigenvalue weighted by atomic mass is 10.1. The minimum Gasteiger partial charge on any atom is -0.330 e. The van der Waals surface area contributed by atoms with E-state index in [0.717, 1.165) is 37.3 Å². The van der Waals surface area contributed by atoms with Gasteiger partial charge >= 0.3 is 0 Å². The van der Waals surface area contributed by atoms with Crippen LogP contribution in [0.4, 0.5) is 10.8 Å². The molecule has 4 aromatic rings. The van der Waals surface area contributed by atoms with E-state index in [4.69, 9.17) is 0 Å². The number of thioether (sulfide) groups is 1. The number of hydrogen-bond donors (Lipinski definition) is 1. The Hall–Kier alpha value is -2.29. The summed E-state index contributed by atoms with van der Waals surface area (Å²) in [4.78, 5) is 9.02. The lowest BCUT2D eigenvalue weighted by Crippen LogP contribution is -1.94. The molecule has 0 aliphatic heterocycles. The molecule has 8 heteroatoms. The van der Waals surface area contributed by atoms with Gasteiger partial charge in [0.25, 0.3) is 0 Å². The summed E-state index contributed by atoms with van der Waals surface area (Å²) in [5.41, 5.74) is 5.50. The minimum absolute atomic E-state index is 0.765. The Morgan fingerprint density at radius 3 is 2.85 bits per heavy atom. The summed E-state index contributed by atoms with van der Waals surface area (Å²) in [6, 6.07) is 12.1. The zero-order chi connectivity index (χ0) is 18.6. The van der Waals surface area contributed by atoms with Crippen LogP contribution in [0.2, 0.25) is 0 Å². The topological polar surface area (TPSA) is 63.6 Å². The fourth-order valence-corrected chi connectivity index (χ4v) is 4.99. The molecule has 0 bridgehead atoms. The molecular weight excluding hydrogens is 394 g/mol. The van der Waals surface area contributed by atoms with E-state index >= 15 is 0 Å². The highest BCUT2D eigenvalue weighted by atomic mass is 32.2. The van der Waals surface area contributed by atoms with Crippen molar-refractivity contribution >= 4 is 45.3 Å². The number of anilines is 2. The molecule has 0 spiro atoms. The highest BCUT2D eigenvalue weighted by Crippen LogP contribution is 2.32. The van der Waals surface area contributed by atoms with Crippen molar-refractivity contribution in [3.8, 4) is 10.7 Å². The summed E-state index contributed by atoms with van der Waals surface area (Å²) in [6.45, 7) is 4.21. The fraction of sp³-hybridized carbons (Fsp3) is 0.158. The third-order valence-electron chi connectivity index (χ3n) is 4.03. The number of aryl methyl sites for hydroxylation is 1. The molecule has 0 aliphatic rings. The van der Waals surface area contributed by atoms with E-state index in [9.17, 15) is 0 Å². The van der Waals surface area contributed by atoms with Gasteiger partial charge in [0.15, 0.2) is 4.34 Å². The zero-order valence-electron chi connectivity index (χ0n) is 14.8. The number of nitrogens with one attached hydrogen (secondary N) is 1. The second-order valence-corrected chi connectivity index (χ2v) is 8.95. The Bertz CT molecular complexity index is 1040. The Kier molecular flexibility index (Phi) is 5.47. The Morgan fingerprint density at radius 1 is 1.07 bits per heavy atom. The van der Waals surface area contributed by atoms with Crippen LogP contribution in [0.3, 0.4) is 0 Å². The first-order chi connectivity index (χ1) is 13.2. The van der Waals surface area contributed by atoms with Crippen molar-refractivity contribution in [2.24, 2.45) is 0 Å². The molecule has 1 N–H and O–H groups in total. The van der Waals surface area contributed by atoms with Crippen molar-refractivity contribution in [2.45, 2.75) is 23.9 Å². The first kappa shape index (κ1) is 18.1. The van der Waals surface area contributed by atoms with Crippen LogP contribution < -0.4 is 5.32 Å². The molecule has 4 rings (SSSR count). The van der Waals surface area contributed by atoms with Crippen molar-refractivity contribution < 1.29 is 0 Å². The molecule has 1 aromatic carbocycles. The van der Waals surface area contributed by atoms with Crippen molar-refractivity contribution in [1.82, 2.24) is 20.2 Å². The molecule has 27 heavy (non-hydrogen) atoms. The quantitative estimate of drug-likeness (QED) is 0.410. The third kappa shape index (κ3) is 4.35. The number of pyridine rings is 1. The smallest absolute Gasteiger partial charge is 0.210 e. The molecule has 5 nitrogen and oxygen atoms in total. The second kappa shape index (κ2) is 8.16. The van der Waals surface area contributed by atoms with Gasteiger partial charge < -0.3 is 5.32 Å². The molecule has 0 radical (unpaired) electrons. The van der Waals surface area contributed by atoms with Crippen molar-refractivity contribution in [3.63, 3.8) is 0 Å². The Morgan fingerprint density at radius 2 is 2.00 bits per heavy atom. The number of aromatic nitrogens is 4. The zero-order valence-corrected chi connectivity index (χ0v) is 17.3. The minimum atomic E-state index is 0.765. The molecule has 0 saturated carbocycles. The average Bonchev–Trinajstić information content (AvgIpc) is 3.34.